The molecule has 1 aliphatic rings. The van der Waals surface area contributed by atoms with Gasteiger partial charge in [0.15, 0.2) is 0 Å². The zero-order valence-electron chi connectivity index (χ0n) is 23.0. The van der Waals surface area contributed by atoms with Gasteiger partial charge >= 0.3 is 6.18 Å². The predicted molar refractivity (Wildman–Crippen MR) is 153 cm³/mol. The van der Waals surface area contributed by atoms with Gasteiger partial charge in [0, 0.05) is 42.8 Å². The zero-order chi connectivity index (χ0) is 28.6. The van der Waals surface area contributed by atoms with E-state index in [9.17, 15) is 13.2 Å². The Labute approximate surface area is 228 Å². The Morgan fingerprint density at radius 2 is 2.03 bits per heavy atom. The number of aliphatic imine (C=N–C) groups is 1. The summed E-state index contributed by atoms with van der Waals surface area (Å²) in [7, 11) is 0. The number of halogens is 3. The van der Waals surface area contributed by atoms with Gasteiger partial charge < -0.3 is 26.8 Å². The predicted octanol–water partition coefficient (Wildman–Crippen LogP) is 5.56. The van der Waals surface area contributed by atoms with Gasteiger partial charge in [-0.2, -0.15) is 13.2 Å². The molecule has 0 unspecified atom stereocenters. The van der Waals surface area contributed by atoms with Gasteiger partial charge in [0.1, 0.15) is 5.84 Å². The normalized spacial score (nSPS) is 16.2. The largest absolute Gasteiger partial charge is 0.418 e. The van der Waals surface area contributed by atoms with Crippen LogP contribution in [0.2, 0.25) is 0 Å². The van der Waals surface area contributed by atoms with Crippen LogP contribution in [0, 0.1) is 5.92 Å². The van der Waals surface area contributed by atoms with Crippen molar-refractivity contribution in [3.8, 4) is 0 Å². The van der Waals surface area contributed by atoms with E-state index in [-0.39, 0.29) is 23.4 Å². The van der Waals surface area contributed by atoms with Gasteiger partial charge in [0.05, 0.1) is 30.1 Å². The number of rotatable bonds is 10. The molecule has 10 heteroatoms. The molecule has 0 saturated carbocycles. The summed E-state index contributed by atoms with van der Waals surface area (Å²) in [4.78, 5) is 8.54. The van der Waals surface area contributed by atoms with Crippen LogP contribution in [-0.4, -0.2) is 43.7 Å². The number of hydrogen-bond donors (Lipinski definition) is 4. The zero-order valence-corrected chi connectivity index (χ0v) is 23.0. The highest BCUT2D eigenvalue weighted by atomic mass is 19.4. The molecular formula is C29H39F3N6O. The SMILES string of the molecule is CC(C)COCCN=C(Nc1ccc2c(c1)NCCC2(C)C)/C(=C/C=C(\N)c1ncccc1C(F)(F)F)CN. The van der Waals surface area contributed by atoms with Crippen LogP contribution in [0.5, 0.6) is 0 Å². The molecule has 0 spiro atoms. The molecule has 2 heterocycles. The summed E-state index contributed by atoms with van der Waals surface area (Å²) in [6.07, 6.45) is 0.682. The number of pyridine rings is 1. The lowest BCUT2D eigenvalue weighted by Gasteiger charge is -2.33. The summed E-state index contributed by atoms with van der Waals surface area (Å²) in [5.41, 5.74) is 14.5. The van der Waals surface area contributed by atoms with Gasteiger partial charge in [-0.1, -0.05) is 39.8 Å². The van der Waals surface area contributed by atoms with Crippen LogP contribution in [0.25, 0.3) is 5.70 Å². The third-order valence-corrected chi connectivity index (χ3v) is 6.41. The number of hydrogen-bond acceptors (Lipinski definition) is 6. The number of ether oxygens (including phenoxy) is 1. The van der Waals surface area contributed by atoms with E-state index in [1.165, 1.54) is 23.9 Å². The molecular weight excluding hydrogens is 505 g/mol. The van der Waals surface area contributed by atoms with Gasteiger partial charge in [-0.25, -0.2) is 0 Å². The average molecular weight is 545 g/mol. The number of benzene rings is 1. The smallest absolute Gasteiger partial charge is 0.397 e. The summed E-state index contributed by atoms with van der Waals surface area (Å²) in [5, 5.41) is 6.80. The average Bonchev–Trinajstić information content (AvgIpc) is 2.87. The van der Waals surface area contributed by atoms with E-state index in [2.05, 4.69) is 54.4 Å². The number of amidine groups is 1. The number of alkyl halides is 3. The molecule has 0 fully saturated rings. The van der Waals surface area contributed by atoms with Crippen LogP contribution in [-0.2, 0) is 16.3 Å². The van der Waals surface area contributed by atoms with Crippen molar-refractivity contribution in [1.82, 2.24) is 4.98 Å². The minimum Gasteiger partial charge on any atom is -0.397 e. The molecule has 212 valence electrons. The van der Waals surface area contributed by atoms with Gasteiger partial charge in [0.2, 0.25) is 0 Å². The summed E-state index contributed by atoms with van der Waals surface area (Å²) in [6.45, 7) is 11.0. The summed E-state index contributed by atoms with van der Waals surface area (Å²) >= 11 is 0. The maximum absolute atomic E-state index is 13.5. The van der Waals surface area contributed by atoms with E-state index >= 15 is 0 Å². The quantitative estimate of drug-likeness (QED) is 0.135. The number of nitrogens with two attached hydrogens (primary N) is 2. The molecule has 6 N–H and O–H groups in total. The monoisotopic (exact) mass is 544 g/mol. The summed E-state index contributed by atoms with van der Waals surface area (Å²) < 4.78 is 46.0. The molecule has 1 aromatic carbocycles. The lowest BCUT2D eigenvalue weighted by Crippen LogP contribution is -2.28. The van der Waals surface area contributed by atoms with Crippen LogP contribution in [0.15, 0.2) is 59.2 Å². The van der Waals surface area contributed by atoms with Crippen molar-refractivity contribution in [3.05, 3.63) is 71.1 Å². The Morgan fingerprint density at radius 1 is 1.26 bits per heavy atom. The van der Waals surface area contributed by atoms with Gasteiger partial charge in [0.25, 0.3) is 0 Å². The highest BCUT2D eigenvalue weighted by Gasteiger charge is 2.34. The number of anilines is 2. The Kier molecular flexibility index (Phi) is 10.2. The van der Waals surface area contributed by atoms with Crippen molar-refractivity contribution >= 4 is 22.9 Å². The van der Waals surface area contributed by atoms with Crippen molar-refractivity contribution < 1.29 is 17.9 Å². The first-order valence-electron chi connectivity index (χ1n) is 13.1. The van der Waals surface area contributed by atoms with Crippen molar-refractivity contribution in [2.45, 2.75) is 45.7 Å². The minimum absolute atomic E-state index is 0.0647. The van der Waals surface area contributed by atoms with E-state index < -0.39 is 11.7 Å². The van der Waals surface area contributed by atoms with Crippen LogP contribution in [0.3, 0.4) is 0 Å². The number of nitrogens with one attached hydrogen (secondary N) is 2. The molecule has 2 aromatic rings. The van der Waals surface area contributed by atoms with Crippen LogP contribution < -0.4 is 22.1 Å². The molecule has 3 rings (SSSR count). The van der Waals surface area contributed by atoms with Crippen molar-refractivity contribution in [2.75, 3.05) is 43.5 Å². The molecule has 0 radical (unpaired) electrons. The van der Waals surface area contributed by atoms with Gasteiger partial charge in [-0.3, -0.25) is 9.98 Å². The fourth-order valence-corrected chi connectivity index (χ4v) is 4.28. The second-order valence-electron chi connectivity index (χ2n) is 10.6. The number of nitrogens with zero attached hydrogens (tertiary/aromatic N) is 2. The molecule has 0 amide bonds. The lowest BCUT2D eigenvalue weighted by atomic mass is 9.78. The van der Waals surface area contributed by atoms with Crippen LogP contribution in [0.4, 0.5) is 24.5 Å². The van der Waals surface area contributed by atoms with Gasteiger partial charge in [-0.05, 0) is 53.7 Å². The van der Waals surface area contributed by atoms with Crippen molar-refractivity contribution in [3.63, 3.8) is 0 Å². The lowest BCUT2D eigenvalue weighted by molar-refractivity contribution is -0.138. The molecule has 39 heavy (non-hydrogen) atoms. The third-order valence-electron chi connectivity index (χ3n) is 6.41. The number of allylic oxidation sites excluding steroid dienone is 2. The first kappa shape index (κ1) is 30.2. The topological polar surface area (TPSA) is 111 Å². The highest BCUT2D eigenvalue weighted by molar-refractivity contribution is 6.08. The molecule has 0 saturated heterocycles. The first-order valence-corrected chi connectivity index (χ1v) is 13.1. The molecule has 0 aliphatic carbocycles. The second kappa shape index (κ2) is 13.1. The van der Waals surface area contributed by atoms with E-state index in [0.29, 0.717) is 37.1 Å². The second-order valence-corrected chi connectivity index (χ2v) is 10.6. The Balaban J connectivity index is 1.92. The Hall–Kier alpha value is -3.37. The van der Waals surface area contributed by atoms with E-state index in [1.54, 1.807) is 6.08 Å². The maximum atomic E-state index is 13.5. The maximum Gasteiger partial charge on any atom is 0.418 e. The molecule has 7 nitrogen and oxygen atoms in total. The summed E-state index contributed by atoms with van der Waals surface area (Å²) in [5.74, 6) is 0.890. The van der Waals surface area contributed by atoms with E-state index in [4.69, 9.17) is 16.2 Å². The fourth-order valence-electron chi connectivity index (χ4n) is 4.28. The molecule has 1 aromatic heterocycles. The van der Waals surface area contributed by atoms with Crippen molar-refractivity contribution in [2.24, 2.45) is 22.4 Å². The van der Waals surface area contributed by atoms with Gasteiger partial charge in [-0.15, -0.1) is 0 Å². The van der Waals surface area contributed by atoms with Crippen molar-refractivity contribution in [1.29, 1.82) is 0 Å². The third kappa shape index (κ3) is 8.31. The van der Waals surface area contributed by atoms with Crippen LogP contribution >= 0.6 is 0 Å². The Morgan fingerprint density at radius 3 is 2.72 bits per heavy atom. The molecule has 0 bridgehead atoms. The van der Waals surface area contributed by atoms with Crippen LogP contribution in [0.1, 0.15) is 50.9 Å². The number of fused-ring (bicyclic) bond motifs is 1. The minimum atomic E-state index is -4.58. The highest BCUT2D eigenvalue weighted by Crippen LogP contribution is 2.38. The fraction of sp³-hybridized carbons (Fsp3) is 0.448. The number of aromatic nitrogens is 1. The molecule has 1 aliphatic heterocycles. The van der Waals surface area contributed by atoms with E-state index in [1.807, 2.05) is 12.1 Å². The summed E-state index contributed by atoms with van der Waals surface area (Å²) in [6, 6.07) is 8.29. The Bertz CT molecular complexity index is 1220. The standard InChI is InChI=1S/C29H39F3N6O/c1-19(2)18-39-15-14-37-27(38-21-8-9-22-25(16-21)35-13-11-28(22,3)4)20(17-33)7-10-24(34)26-23(29(30,31)32)6-5-12-36-26/h5-10,12,16,19,35H,11,13-15,17-18,33-34H2,1-4H3,(H,37,38)/b20-7+,24-10-. The van der Waals surface area contributed by atoms with E-state index in [0.717, 1.165) is 30.4 Å². The molecule has 0 atom stereocenters. The first-order chi connectivity index (χ1) is 18.4.